The number of aliphatic carboxylic acids is 1. The molecule has 0 aliphatic heterocycles. The van der Waals surface area contributed by atoms with E-state index in [2.05, 4.69) is 5.32 Å². The largest absolute Gasteiger partial charge is 0.481 e. The lowest BCUT2D eigenvalue weighted by molar-refractivity contribution is -0.141. The second-order valence-corrected chi connectivity index (χ2v) is 6.34. The fourth-order valence-electron chi connectivity index (χ4n) is 2.73. The molecule has 1 unspecified atom stereocenters. The van der Waals surface area contributed by atoms with Gasteiger partial charge in [0, 0.05) is 19.4 Å². The van der Waals surface area contributed by atoms with Crippen LogP contribution in [0.3, 0.4) is 0 Å². The first-order valence-corrected chi connectivity index (χ1v) is 8.38. The number of carbonyl (C=O) groups is 2. The van der Waals surface area contributed by atoms with Gasteiger partial charge < -0.3 is 15.2 Å². The van der Waals surface area contributed by atoms with Gasteiger partial charge in [0.1, 0.15) is 5.75 Å². The van der Waals surface area contributed by atoms with Crippen molar-refractivity contribution in [2.24, 2.45) is 5.92 Å². The molecule has 0 radical (unpaired) electrons. The molecule has 5 nitrogen and oxygen atoms in total. The van der Waals surface area contributed by atoms with Gasteiger partial charge in [0.25, 0.3) is 5.91 Å². The number of carboxylic acids is 1. The van der Waals surface area contributed by atoms with Crippen molar-refractivity contribution >= 4 is 11.9 Å². The van der Waals surface area contributed by atoms with Crippen LogP contribution in [0.4, 0.5) is 0 Å². The van der Waals surface area contributed by atoms with E-state index in [4.69, 9.17) is 4.74 Å². The normalized spacial score (nSPS) is 15.8. The van der Waals surface area contributed by atoms with E-state index in [9.17, 15) is 14.7 Å². The number of nitrogens with one attached hydrogen (secondary N) is 1. The fraction of sp³-hybridized carbons (Fsp3) is 0.300. The lowest BCUT2D eigenvalue weighted by Gasteiger charge is -2.19. The van der Waals surface area contributed by atoms with Crippen LogP contribution in [-0.4, -0.2) is 29.1 Å². The average molecular weight is 339 g/mol. The molecule has 1 atom stereocenters. The molecular formula is C20H21NO4. The monoisotopic (exact) mass is 339 g/mol. The van der Waals surface area contributed by atoms with E-state index in [-0.39, 0.29) is 12.5 Å². The molecule has 3 rings (SSSR count). The van der Waals surface area contributed by atoms with Crippen molar-refractivity contribution in [3.63, 3.8) is 0 Å². The Morgan fingerprint density at radius 3 is 2.20 bits per heavy atom. The van der Waals surface area contributed by atoms with E-state index in [0.29, 0.717) is 25.0 Å². The van der Waals surface area contributed by atoms with Crippen LogP contribution in [-0.2, 0) is 16.0 Å². The highest BCUT2D eigenvalue weighted by Crippen LogP contribution is 2.40. The van der Waals surface area contributed by atoms with Gasteiger partial charge in [-0.25, -0.2) is 0 Å². The van der Waals surface area contributed by atoms with E-state index >= 15 is 0 Å². The number of benzene rings is 2. The third kappa shape index (κ3) is 4.38. The summed E-state index contributed by atoms with van der Waals surface area (Å²) in [5, 5.41) is 12.2. The quantitative estimate of drug-likeness (QED) is 0.775. The Morgan fingerprint density at radius 1 is 1.04 bits per heavy atom. The molecule has 1 saturated carbocycles. The maximum absolute atomic E-state index is 12.5. The van der Waals surface area contributed by atoms with Gasteiger partial charge in [-0.1, -0.05) is 48.5 Å². The van der Waals surface area contributed by atoms with Crippen LogP contribution in [0, 0.1) is 5.92 Å². The van der Waals surface area contributed by atoms with Gasteiger partial charge in [-0.2, -0.15) is 0 Å². The van der Waals surface area contributed by atoms with Gasteiger partial charge in [-0.15, -0.1) is 0 Å². The summed E-state index contributed by atoms with van der Waals surface area (Å²) in [6.45, 7) is 0.0863. The maximum Gasteiger partial charge on any atom is 0.308 e. The van der Waals surface area contributed by atoms with Gasteiger partial charge in [0.15, 0.2) is 5.60 Å². The molecule has 2 aromatic rings. The molecule has 1 amide bonds. The zero-order valence-corrected chi connectivity index (χ0v) is 13.9. The van der Waals surface area contributed by atoms with Gasteiger partial charge in [-0.05, 0) is 24.1 Å². The number of carbonyl (C=O) groups excluding carboxylic acids is 1. The van der Waals surface area contributed by atoms with Crippen LogP contribution in [0.1, 0.15) is 18.4 Å². The Balaban J connectivity index is 1.57. The van der Waals surface area contributed by atoms with E-state index < -0.39 is 17.5 Å². The fourth-order valence-corrected chi connectivity index (χ4v) is 2.73. The topological polar surface area (TPSA) is 75.6 Å². The van der Waals surface area contributed by atoms with E-state index in [1.54, 1.807) is 0 Å². The predicted molar refractivity (Wildman–Crippen MR) is 93.3 cm³/mol. The number of amides is 1. The molecule has 130 valence electrons. The first-order chi connectivity index (χ1) is 12.1. The Bertz CT molecular complexity index is 726. The molecular weight excluding hydrogens is 318 g/mol. The first-order valence-electron chi connectivity index (χ1n) is 8.38. The summed E-state index contributed by atoms with van der Waals surface area (Å²) >= 11 is 0. The van der Waals surface area contributed by atoms with Gasteiger partial charge >= 0.3 is 5.97 Å². The molecule has 2 aromatic carbocycles. The van der Waals surface area contributed by atoms with E-state index in [1.165, 1.54) is 0 Å². The number of hydrogen-bond donors (Lipinski definition) is 2. The minimum absolute atomic E-state index is 0.0863. The van der Waals surface area contributed by atoms with E-state index in [1.807, 2.05) is 60.7 Å². The first kappa shape index (κ1) is 17.0. The lowest BCUT2D eigenvalue weighted by Crippen LogP contribution is -2.43. The predicted octanol–water partition coefficient (Wildman–Crippen LogP) is 2.66. The minimum atomic E-state index is -0.919. The third-order valence-electron chi connectivity index (χ3n) is 4.36. The Labute approximate surface area is 146 Å². The van der Waals surface area contributed by atoms with Crippen LogP contribution in [0.15, 0.2) is 60.7 Å². The second kappa shape index (κ2) is 7.38. The molecule has 0 saturated heterocycles. The second-order valence-electron chi connectivity index (χ2n) is 6.34. The zero-order chi connectivity index (χ0) is 17.7. The SMILES string of the molecule is O=C(O)C(CNC(=O)C1(Oc2ccccc2)CC1)Cc1ccccc1. The minimum Gasteiger partial charge on any atom is -0.481 e. The van der Waals surface area contributed by atoms with Crippen LogP contribution in [0.2, 0.25) is 0 Å². The summed E-state index contributed by atoms with van der Waals surface area (Å²) in [6.07, 6.45) is 1.66. The molecule has 0 spiro atoms. The van der Waals surface area contributed by atoms with Crippen molar-refractivity contribution in [3.05, 3.63) is 66.2 Å². The average Bonchev–Trinajstić information content (AvgIpc) is 3.40. The number of para-hydroxylation sites is 1. The summed E-state index contributed by atoms with van der Waals surface area (Å²) < 4.78 is 5.83. The summed E-state index contributed by atoms with van der Waals surface area (Å²) in [6, 6.07) is 18.6. The van der Waals surface area contributed by atoms with Crippen molar-refractivity contribution in [1.82, 2.24) is 5.32 Å². The molecule has 1 aliphatic rings. The van der Waals surface area contributed by atoms with E-state index in [0.717, 1.165) is 5.56 Å². The third-order valence-corrected chi connectivity index (χ3v) is 4.36. The number of carboxylic acid groups (broad SMARTS) is 1. The molecule has 0 heterocycles. The van der Waals surface area contributed by atoms with Crippen LogP contribution < -0.4 is 10.1 Å². The standard InChI is InChI=1S/C20H21NO4/c22-18(23)16(13-15-7-3-1-4-8-15)14-21-19(24)20(11-12-20)25-17-9-5-2-6-10-17/h1-10,16H,11-14H2,(H,21,24)(H,22,23). The highest BCUT2D eigenvalue weighted by Gasteiger charge is 2.53. The highest BCUT2D eigenvalue weighted by molar-refractivity contribution is 5.89. The summed E-state index contributed by atoms with van der Waals surface area (Å²) in [5.41, 5.74) is 0.0859. The van der Waals surface area contributed by atoms with Gasteiger partial charge in [-0.3, -0.25) is 9.59 Å². The van der Waals surface area contributed by atoms with Gasteiger partial charge in [0.2, 0.25) is 0 Å². The number of ether oxygens (including phenoxy) is 1. The van der Waals surface area contributed by atoms with Crippen LogP contribution in [0.25, 0.3) is 0 Å². The maximum atomic E-state index is 12.5. The Morgan fingerprint density at radius 2 is 1.64 bits per heavy atom. The molecule has 0 bridgehead atoms. The van der Waals surface area contributed by atoms with Crippen molar-refractivity contribution < 1.29 is 19.4 Å². The van der Waals surface area contributed by atoms with Crippen LogP contribution >= 0.6 is 0 Å². The Hall–Kier alpha value is -2.82. The smallest absolute Gasteiger partial charge is 0.308 e. The summed E-state index contributed by atoms with van der Waals surface area (Å²) in [5.74, 6) is -1.18. The lowest BCUT2D eigenvalue weighted by atomic mass is 9.99. The molecule has 1 aliphatic carbocycles. The van der Waals surface area contributed by atoms with Crippen molar-refractivity contribution in [3.8, 4) is 5.75 Å². The summed E-state index contributed by atoms with van der Waals surface area (Å²) in [7, 11) is 0. The van der Waals surface area contributed by atoms with Crippen molar-refractivity contribution in [1.29, 1.82) is 0 Å². The summed E-state index contributed by atoms with van der Waals surface area (Å²) in [4.78, 5) is 24.0. The molecule has 2 N–H and O–H groups in total. The molecule has 25 heavy (non-hydrogen) atoms. The molecule has 1 fully saturated rings. The van der Waals surface area contributed by atoms with Gasteiger partial charge in [0.05, 0.1) is 5.92 Å². The zero-order valence-electron chi connectivity index (χ0n) is 13.9. The van der Waals surface area contributed by atoms with Crippen LogP contribution in [0.5, 0.6) is 5.75 Å². The van der Waals surface area contributed by atoms with Crippen molar-refractivity contribution in [2.75, 3.05) is 6.54 Å². The molecule has 5 heteroatoms. The molecule has 0 aromatic heterocycles. The number of hydrogen-bond acceptors (Lipinski definition) is 3. The Kier molecular flexibility index (Phi) is 5.03. The number of rotatable bonds is 8. The highest BCUT2D eigenvalue weighted by atomic mass is 16.5. The van der Waals surface area contributed by atoms with Crippen molar-refractivity contribution in [2.45, 2.75) is 24.9 Å².